The van der Waals surface area contributed by atoms with Crippen molar-refractivity contribution in [1.82, 2.24) is 4.98 Å². The predicted molar refractivity (Wildman–Crippen MR) is 81.2 cm³/mol. The van der Waals surface area contributed by atoms with Crippen LogP contribution in [0.4, 0.5) is 0 Å². The third-order valence-electron chi connectivity index (χ3n) is 3.71. The van der Waals surface area contributed by atoms with E-state index in [1.54, 1.807) is 19.2 Å². The van der Waals surface area contributed by atoms with Gasteiger partial charge in [0.2, 0.25) is 0 Å². The Balaban J connectivity index is 2.60. The topological polar surface area (TPSA) is 47.0 Å². The standard InChI is InChI=1S/C17H23NO2/c1-5-17(3,4)16(20)10-9-15(19)13(2)12-14-8-6-7-11-18-14/h6-8,11-12H,5,9-10H2,1-4H3/b13-12+. The predicted octanol–water partition coefficient (Wildman–Crippen LogP) is 3.84. The summed E-state index contributed by atoms with van der Waals surface area (Å²) in [5.41, 5.74) is 1.07. The Morgan fingerprint density at radius 1 is 1.25 bits per heavy atom. The molecule has 1 rings (SSSR count). The van der Waals surface area contributed by atoms with Gasteiger partial charge in [-0.3, -0.25) is 14.6 Å². The summed E-state index contributed by atoms with van der Waals surface area (Å²) in [4.78, 5) is 28.2. The van der Waals surface area contributed by atoms with E-state index in [2.05, 4.69) is 4.98 Å². The molecule has 0 unspecified atom stereocenters. The molecular weight excluding hydrogens is 250 g/mol. The maximum atomic E-state index is 12.0. The Labute approximate surface area is 121 Å². The third-order valence-corrected chi connectivity index (χ3v) is 3.71. The number of nitrogens with zero attached hydrogens (tertiary/aromatic N) is 1. The molecule has 1 aromatic rings. The second-order valence-electron chi connectivity index (χ2n) is 5.67. The average Bonchev–Trinajstić information content (AvgIpc) is 2.45. The van der Waals surface area contributed by atoms with E-state index in [-0.39, 0.29) is 23.4 Å². The van der Waals surface area contributed by atoms with Crippen molar-refractivity contribution in [3.63, 3.8) is 0 Å². The third kappa shape index (κ3) is 4.72. The number of hydrogen-bond acceptors (Lipinski definition) is 3. The van der Waals surface area contributed by atoms with Crippen molar-refractivity contribution in [2.24, 2.45) is 5.41 Å². The van der Waals surface area contributed by atoms with E-state index in [0.717, 1.165) is 12.1 Å². The van der Waals surface area contributed by atoms with Crippen molar-refractivity contribution < 1.29 is 9.59 Å². The van der Waals surface area contributed by atoms with Gasteiger partial charge in [0.1, 0.15) is 5.78 Å². The van der Waals surface area contributed by atoms with Crippen LogP contribution in [0.3, 0.4) is 0 Å². The van der Waals surface area contributed by atoms with Crippen molar-refractivity contribution in [1.29, 1.82) is 0 Å². The molecule has 20 heavy (non-hydrogen) atoms. The van der Waals surface area contributed by atoms with E-state index in [1.165, 1.54) is 0 Å². The molecule has 0 atom stereocenters. The lowest BCUT2D eigenvalue weighted by atomic mass is 9.83. The Hall–Kier alpha value is -1.77. The highest BCUT2D eigenvalue weighted by Gasteiger charge is 2.25. The van der Waals surface area contributed by atoms with E-state index in [1.807, 2.05) is 39.0 Å². The molecule has 0 N–H and O–H groups in total. The van der Waals surface area contributed by atoms with Crippen molar-refractivity contribution in [2.45, 2.75) is 47.0 Å². The Morgan fingerprint density at radius 2 is 1.95 bits per heavy atom. The quantitative estimate of drug-likeness (QED) is 0.709. The zero-order valence-electron chi connectivity index (χ0n) is 12.8. The SMILES string of the molecule is CCC(C)(C)C(=O)CCC(=O)/C(C)=C/c1ccccn1. The average molecular weight is 273 g/mol. The van der Waals surface area contributed by atoms with Crippen LogP contribution < -0.4 is 0 Å². The number of aromatic nitrogens is 1. The minimum Gasteiger partial charge on any atom is -0.299 e. The summed E-state index contributed by atoms with van der Waals surface area (Å²) < 4.78 is 0. The van der Waals surface area contributed by atoms with E-state index in [9.17, 15) is 9.59 Å². The highest BCUT2D eigenvalue weighted by Crippen LogP contribution is 2.23. The first-order chi connectivity index (χ1) is 9.36. The fourth-order valence-corrected chi connectivity index (χ4v) is 1.72. The lowest BCUT2D eigenvalue weighted by Gasteiger charge is -2.20. The number of hydrogen-bond donors (Lipinski definition) is 0. The molecule has 3 nitrogen and oxygen atoms in total. The summed E-state index contributed by atoms with van der Waals surface area (Å²) in [6, 6.07) is 5.56. The monoisotopic (exact) mass is 273 g/mol. The number of rotatable bonds is 7. The lowest BCUT2D eigenvalue weighted by molar-refractivity contribution is -0.129. The first-order valence-corrected chi connectivity index (χ1v) is 7.02. The molecule has 0 saturated carbocycles. The fourth-order valence-electron chi connectivity index (χ4n) is 1.72. The van der Waals surface area contributed by atoms with E-state index < -0.39 is 0 Å². The van der Waals surface area contributed by atoms with Crippen LogP contribution in [-0.4, -0.2) is 16.6 Å². The molecular formula is C17H23NO2. The van der Waals surface area contributed by atoms with Crippen LogP contribution in [0, 0.1) is 5.41 Å². The van der Waals surface area contributed by atoms with Crippen molar-refractivity contribution in [2.75, 3.05) is 0 Å². The molecule has 0 radical (unpaired) electrons. The molecule has 3 heteroatoms. The Bertz CT molecular complexity index is 501. The highest BCUT2D eigenvalue weighted by atomic mass is 16.1. The molecule has 0 aromatic carbocycles. The van der Waals surface area contributed by atoms with Crippen molar-refractivity contribution in [3.05, 3.63) is 35.7 Å². The smallest absolute Gasteiger partial charge is 0.159 e. The number of carbonyl (C=O) groups is 2. The molecule has 0 fully saturated rings. The molecule has 1 aromatic heterocycles. The lowest BCUT2D eigenvalue weighted by Crippen LogP contribution is -2.23. The number of carbonyl (C=O) groups excluding carboxylic acids is 2. The minimum absolute atomic E-state index is 0.0101. The molecule has 0 aliphatic carbocycles. The first-order valence-electron chi connectivity index (χ1n) is 7.02. The Kier molecular flexibility index (Phi) is 5.81. The maximum Gasteiger partial charge on any atom is 0.159 e. The largest absolute Gasteiger partial charge is 0.299 e. The number of pyridine rings is 1. The zero-order chi connectivity index (χ0) is 15.2. The molecule has 0 bridgehead atoms. The van der Waals surface area contributed by atoms with Crippen LogP contribution in [0.15, 0.2) is 30.0 Å². The van der Waals surface area contributed by atoms with Gasteiger partial charge < -0.3 is 0 Å². The van der Waals surface area contributed by atoms with Gasteiger partial charge in [0.05, 0.1) is 5.69 Å². The molecule has 0 aliphatic rings. The molecule has 0 amide bonds. The number of Topliss-reactive ketones (excluding diaryl/α,β-unsaturated/α-hetero) is 2. The molecule has 0 saturated heterocycles. The van der Waals surface area contributed by atoms with Crippen LogP contribution in [-0.2, 0) is 9.59 Å². The van der Waals surface area contributed by atoms with Gasteiger partial charge in [0.25, 0.3) is 0 Å². The van der Waals surface area contributed by atoms with Crippen LogP contribution >= 0.6 is 0 Å². The summed E-state index contributed by atoms with van der Waals surface area (Å²) >= 11 is 0. The van der Waals surface area contributed by atoms with Crippen molar-refractivity contribution in [3.8, 4) is 0 Å². The van der Waals surface area contributed by atoms with Gasteiger partial charge in [-0.15, -0.1) is 0 Å². The van der Waals surface area contributed by atoms with Gasteiger partial charge in [-0.05, 0) is 37.1 Å². The summed E-state index contributed by atoms with van der Waals surface area (Å²) in [5.74, 6) is 0.162. The van der Waals surface area contributed by atoms with Gasteiger partial charge in [0.15, 0.2) is 5.78 Å². The molecule has 0 aliphatic heterocycles. The highest BCUT2D eigenvalue weighted by molar-refractivity contribution is 6.00. The van der Waals surface area contributed by atoms with Gasteiger partial charge in [-0.25, -0.2) is 0 Å². The second kappa shape index (κ2) is 7.13. The second-order valence-corrected chi connectivity index (χ2v) is 5.67. The fraction of sp³-hybridized carbons (Fsp3) is 0.471. The van der Waals surface area contributed by atoms with E-state index >= 15 is 0 Å². The molecule has 0 spiro atoms. The van der Waals surface area contributed by atoms with Gasteiger partial charge in [0, 0.05) is 24.5 Å². The summed E-state index contributed by atoms with van der Waals surface area (Å²) in [7, 11) is 0. The normalized spacial score (nSPS) is 12.3. The van der Waals surface area contributed by atoms with Crippen LogP contribution in [0.1, 0.15) is 52.7 Å². The van der Waals surface area contributed by atoms with Gasteiger partial charge in [-0.1, -0.05) is 26.8 Å². The van der Waals surface area contributed by atoms with Crippen LogP contribution in [0.2, 0.25) is 0 Å². The van der Waals surface area contributed by atoms with Crippen molar-refractivity contribution >= 4 is 17.6 Å². The number of allylic oxidation sites excluding steroid dienone is 1. The maximum absolute atomic E-state index is 12.0. The summed E-state index contributed by atoms with van der Waals surface area (Å²) in [6.07, 6.45) is 4.84. The van der Waals surface area contributed by atoms with E-state index in [0.29, 0.717) is 12.0 Å². The van der Waals surface area contributed by atoms with Gasteiger partial charge >= 0.3 is 0 Å². The Morgan fingerprint density at radius 3 is 2.50 bits per heavy atom. The molecule has 108 valence electrons. The summed E-state index contributed by atoms with van der Waals surface area (Å²) in [5, 5.41) is 0. The van der Waals surface area contributed by atoms with E-state index in [4.69, 9.17) is 0 Å². The summed E-state index contributed by atoms with van der Waals surface area (Å²) in [6.45, 7) is 7.62. The van der Waals surface area contributed by atoms with Crippen LogP contribution in [0.5, 0.6) is 0 Å². The zero-order valence-corrected chi connectivity index (χ0v) is 12.8. The van der Waals surface area contributed by atoms with Gasteiger partial charge in [-0.2, -0.15) is 0 Å². The first kappa shape index (κ1) is 16.3. The van der Waals surface area contributed by atoms with Crippen LogP contribution in [0.25, 0.3) is 6.08 Å². The minimum atomic E-state index is -0.334. The molecule has 1 heterocycles. The number of ketones is 2.